The van der Waals surface area contributed by atoms with E-state index < -0.39 is 0 Å². The Hall–Kier alpha value is -1.70. The van der Waals surface area contributed by atoms with Crippen molar-refractivity contribution in [2.45, 2.75) is 13.8 Å². The fraction of sp³-hybridized carbons (Fsp3) is 0.231. The lowest BCUT2D eigenvalue weighted by atomic mass is 10.1. The molecule has 0 saturated heterocycles. The SMILES string of the molecule is C=C(C)/C(C)=C(\NC)Nc1ccccc1. The maximum atomic E-state index is 3.93. The van der Waals surface area contributed by atoms with E-state index in [0.29, 0.717) is 0 Å². The Morgan fingerprint density at radius 1 is 1.13 bits per heavy atom. The molecule has 0 heterocycles. The standard InChI is InChI=1S/C13H18N2/c1-10(2)11(3)13(14-4)15-12-8-6-5-7-9-12/h5-9,14-15H,1H2,2-4H3/b13-11+. The first-order valence-electron chi connectivity index (χ1n) is 5.01. The molecule has 0 aromatic heterocycles. The third-order valence-electron chi connectivity index (χ3n) is 2.31. The number of anilines is 1. The van der Waals surface area contributed by atoms with E-state index >= 15 is 0 Å². The topological polar surface area (TPSA) is 24.1 Å². The van der Waals surface area contributed by atoms with Crippen LogP contribution in [0.3, 0.4) is 0 Å². The molecule has 0 saturated carbocycles. The maximum Gasteiger partial charge on any atom is 0.106 e. The van der Waals surface area contributed by atoms with Crippen molar-refractivity contribution in [1.29, 1.82) is 0 Å². The predicted octanol–water partition coefficient (Wildman–Crippen LogP) is 3.13. The monoisotopic (exact) mass is 202 g/mol. The number of allylic oxidation sites excluding steroid dienone is 2. The van der Waals surface area contributed by atoms with Crippen molar-refractivity contribution in [1.82, 2.24) is 5.32 Å². The van der Waals surface area contributed by atoms with Gasteiger partial charge in [-0.1, -0.05) is 30.4 Å². The zero-order chi connectivity index (χ0) is 11.3. The molecule has 0 aliphatic carbocycles. The van der Waals surface area contributed by atoms with Crippen LogP contribution in [-0.4, -0.2) is 7.05 Å². The van der Waals surface area contributed by atoms with Gasteiger partial charge in [0.2, 0.25) is 0 Å². The van der Waals surface area contributed by atoms with Gasteiger partial charge in [-0.05, 0) is 31.6 Å². The third-order valence-corrected chi connectivity index (χ3v) is 2.31. The Morgan fingerprint density at radius 2 is 1.73 bits per heavy atom. The summed E-state index contributed by atoms with van der Waals surface area (Å²) in [5.74, 6) is 0.994. The normalized spacial score (nSPS) is 11.7. The Labute approximate surface area is 91.7 Å². The molecular weight excluding hydrogens is 184 g/mol. The first kappa shape index (κ1) is 11.4. The van der Waals surface area contributed by atoms with Crippen LogP contribution in [0.15, 0.2) is 53.9 Å². The van der Waals surface area contributed by atoms with Crippen LogP contribution in [0.25, 0.3) is 0 Å². The van der Waals surface area contributed by atoms with Crippen LogP contribution in [0.2, 0.25) is 0 Å². The first-order chi connectivity index (χ1) is 7.15. The highest BCUT2D eigenvalue weighted by Gasteiger charge is 2.01. The number of rotatable bonds is 4. The molecule has 1 aromatic rings. The van der Waals surface area contributed by atoms with Crippen LogP contribution in [0.5, 0.6) is 0 Å². The average molecular weight is 202 g/mol. The van der Waals surface area contributed by atoms with Crippen LogP contribution >= 0.6 is 0 Å². The van der Waals surface area contributed by atoms with E-state index in [-0.39, 0.29) is 0 Å². The summed E-state index contributed by atoms with van der Waals surface area (Å²) in [4.78, 5) is 0. The summed E-state index contributed by atoms with van der Waals surface area (Å²) in [6, 6.07) is 10.1. The molecule has 1 aromatic carbocycles. The molecule has 0 aliphatic rings. The van der Waals surface area contributed by atoms with Crippen molar-refractivity contribution in [3.63, 3.8) is 0 Å². The molecule has 15 heavy (non-hydrogen) atoms. The molecule has 0 atom stereocenters. The van der Waals surface area contributed by atoms with Gasteiger partial charge >= 0.3 is 0 Å². The summed E-state index contributed by atoms with van der Waals surface area (Å²) >= 11 is 0. The van der Waals surface area contributed by atoms with E-state index in [1.807, 2.05) is 51.2 Å². The maximum absolute atomic E-state index is 3.93. The molecule has 0 radical (unpaired) electrons. The Bertz CT molecular complexity index is 363. The zero-order valence-corrected chi connectivity index (χ0v) is 9.59. The lowest BCUT2D eigenvalue weighted by Gasteiger charge is -2.14. The van der Waals surface area contributed by atoms with Gasteiger partial charge < -0.3 is 10.6 Å². The summed E-state index contributed by atoms with van der Waals surface area (Å²) in [6.07, 6.45) is 0. The molecule has 0 unspecified atom stereocenters. The molecule has 0 amide bonds. The van der Waals surface area contributed by atoms with Gasteiger partial charge in [-0.25, -0.2) is 0 Å². The predicted molar refractivity (Wildman–Crippen MR) is 66.6 cm³/mol. The third kappa shape index (κ3) is 3.17. The van der Waals surface area contributed by atoms with Gasteiger partial charge in [-0.2, -0.15) is 0 Å². The Morgan fingerprint density at radius 3 is 2.20 bits per heavy atom. The van der Waals surface area contributed by atoms with Gasteiger partial charge in [-0.3, -0.25) is 0 Å². The van der Waals surface area contributed by atoms with Crippen LogP contribution in [0.1, 0.15) is 13.8 Å². The molecule has 2 nitrogen and oxygen atoms in total. The van der Waals surface area contributed by atoms with Crippen LogP contribution in [-0.2, 0) is 0 Å². The van der Waals surface area contributed by atoms with Gasteiger partial charge in [0.05, 0.1) is 0 Å². The van der Waals surface area contributed by atoms with Gasteiger partial charge in [-0.15, -0.1) is 0 Å². The number of hydrogen-bond donors (Lipinski definition) is 2. The largest absolute Gasteiger partial charge is 0.374 e. The smallest absolute Gasteiger partial charge is 0.106 e. The van der Waals surface area contributed by atoms with E-state index in [2.05, 4.69) is 17.2 Å². The lowest BCUT2D eigenvalue weighted by Crippen LogP contribution is -2.17. The van der Waals surface area contributed by atoms with Gasteiger partial charge in [0, 0.05) is 12.7 Å². The molecule has 1 rings (SSSR count). The van der Waals surface area contributed by atoms with E-state index in [4.69, 9.17) is 0 Å². The zero-order valence-electron chi connectivity index (χ0n) is 9.59. The molecule has 0 aliphatic heterocycles. The van der Waals surface area contributed by atoms with E-state index in [9.17, 15) is 0 Å². The highest BCUT2D eigenvalue weighted by Crippen LogP contribution is 2.13. The Balaban J connectivity index is 2.88. The highest BCUT2D eigenvalue weighted by atomic mass is 15.1. The molecule has 0 fully saturated rings. The summed E-state index contributed by atoms with van der Waals surface area (Å²) in [5.41, 5.74) is 3.27. The molecule has 0 bridgehead atoms. The minimum atomic E-state index is 0.994. The number of benzene rings is 1. The summed E-state index contributed by atoms with van der Waals surface area (Å²) < 4.78 is 0. The molecule has 2 heteroatoms. The average Bonchev–Trinajstić information content (AvgIpc) is 2.26. The molecule has 2 N–H and O–H groups in total. The van der Waals surface area contributed by atoms with Crippen molar-refractivity contribution >= 4 is 5.69 Å². The number of para-hydroxylation sites is 1. The Kier molecular flexibility index (Phi) is 3.98. The summed E-state index contributed by atoms with van der Waals surface area (Å²) in [6.45, 7) is 7.97. The van der Waals surface area contributed by atoms with Crippen LogP contribution < -0.4 is 10.6 Å². The lowest BCUT2D eigenvalue weighted by molar-refractivity contribution is 0.968. The highest BCUT2D eigenvalue weighted by molar-refractivity contribution is 5.50. The fourth-order valence-corrected chi connectivity index (χ4v) is 1.22. The molecule has 80 valence electrons. The van der Waals surface area contributed by atoms with Crippen molar-refractivity contribution in [3.05, 3.63) is 53.9 Å². The minimum Gasteiger partial charge on any atom is -0.374 e. The van der Waals surface area contributed by atoms with Gasteiger partial charge in [0.25, 0.3) is 0 Å². The first-order valence-corrected chi connectivity index (χ1v) is 5.01. The van der Waals surface area contributed by atoms with E-state index in [0.717, 1.165) is 22.7 Å². The van der Waals surface area contributed by atoms with E-state index in [1.54, 1.807) is 0 Å². The second-order valence-electron chi connectivity index (χ2n) is 3.52. The van der Waals surface area contributed by atoms with Crippen LogP contribution in [0.4, 0.5) is 5.69 Å². The van der Waals surface area contributed by atoms with Gasteiger partial charge in [0.15, 0.2) is 0 Å². The second-order valence-corrected chi connectivity index (χ2v) is 3.52. The second kappa shape index (κ2) is 5.25. The fourth-order valence-electron chi connectivity index (χ4n) is 1.22. The van der Waals surface area contributed by atoms with Crippen molar-refractivity contribution in [2.75, 3.05) is 12.4 Å². The van der Waals surface area contributed by atoms with Crippen molar-refractivity contribution in [3.8, 4) is 0 Å². The van der Waals surface area contributed by atoms with Crippen molar-refractivity contribution in [2.24, 2.45) is 0 Å². The number of nitrogens with one attached hydrogen (secondary N) is 2. The minimum absolute atomic E-state index is 0.994. The molecule has 0 spiro atoms. The quantitative estimate of drug-likeness (QED) is 0.733. The number of hydrogen-bond acceptors (Lipinski definition) is 2. The van der Waals surface area contributed by atoms with E-state index in [1.165, 1.54) is 0 Å². The van der Waals surface area contributed by atoms with Crippen molar-refractivity contribution < 1.29 is 0 Å². The summed E-state index contributed by atoms with van der Waals surface area (Å²) in [7, 11) is 1.90. The molecular formula is C13H18N2. The van der Waals surface area contributed by atoms with Crippen LogP contribution in [0, 0.1) is 0 Å². The summed E-state index contributed by atoms with van der Waals surface area (Å²) in [5, 5.41) is 6.46. The van der Waals surface area contributed by atoms with Gasteiger partial charge in [0.1, 0.15) is 5.82 Å².